The normalized spacial score (nSPS) is 31.6. The van der Waals surface area contributed by atoms with Crippen LogP contribution < -0.4 is 5.32 Å². The van der Waals surface area contributed by atoms with Gasteiger partial charge in [-0.15, -0.1) is 0 Å². The molecule has 2 unspecified atom stereocenters. The van der Waals surface area contributed by atoms with Gasteiger partial charge in [-0.2, -0.15) is 0 Å². The molecule has 2 aliphatic heterocycles. The molecule has 0 spiro atoms. The molecule has 0 radical (unpaired) electrons. The van der Waals surface area contributed by atoms with E-state index in [4.69, 9.17) is 0 Å². The van der Waals surface area contributed by atoms with Crippen LogP contribution in [0, 0.1) is 0 Å². The van der Waals surface area contributed by atoms with E-state index in [9.17, 15) is 4.79 Å². The Hall–Kier alpha value is -0.870. The molecule has 0 aromatic rings. The van der Waals surface area contributed by atoms with Gasteiger partial charge in [-0.25, -0.2) is 0 Å². The fourth-order valence-electron chi connectivity index (χ4n) is 4.22. The highest BCUT2D eigenvalue weighted by molar-refractivity contribution is 5.79. The second kappa shape index (κ2) is 6.49. The van der Waals surface area contributed by atoms with E-state index in [0.29, 0.717) is 24.7 Å². The number of rotatable bonds is 5. The summed E-state index contributed by atoms with van der Waals surface area (Å²) in [5.41, 5.74) is 1.22. The summed E-state index contributed by atoms with van der Waals surface area (Å²) < 4.78 is 0. The van der Waals surface area contributed by atoms with Crippen molar-refractivity contribution in [2.24, 2.45) is 0 Å². The van der Waals surface area contributed by atoms with Crippen LogP contribution in [0.2, 0.25) is 0 Å². The lowest BCUT2D eigenvalue weighted by molar-refractivity contribution is -0.130. The molecule has 0 saturated carbocycles. The molecule has 2 atom stereocenters. The molecule has 4 heteroatoms. The highest BCUT2D eigenvalue weighted by atomic mass is 16.2. The molecule has 2 fully saturated rings. The standard InChI is InChI=1S/C17H29N3O/c1-3-20(16-10-13-8-9-14(11-16)18-13)12-17(21)19(2)15-6-4-5-7-15/h6,13-14,16,18H,3-5,7-12H2,1-2H3. The Labute approximate surface area is 128 Å². The van der Waals surface area contributed by atoms with Crippen LogP contribution in [0.25, 0.3) is 0 Å². The molecule has 2 saturated heterocycles. The Bertz CT molecular complexity index is 408. The third-order valence-electron chi connectivity index (χ3n) is 5.53. The van der Waals surface area contributed by atoms with Crippen LogP contribution in [-0.4, -0.2) is 54.0 Å². The van der Waals surface area contributed by atoms with Gasteiger partial charge in [-0.05, 0) is 51.5 Å². The van der Waals surface area contributed by atoms with Crippen LogP contribution >= 0.6 is 0 Å². The zero-order valence-electron chi connectivity index (χ0n) is 13.5. The molecule has 1 amide bonds. The largest absolute Gasteiger partial charge is 0.318 e. The molecule has 3 aliphatic rings. The topological polar surface area (TPSA) is 35.6 Å². The Balaban J connectivity index is 1.57. The van der Waals surface area contributed by atoms with Crippen LogP contribution in [0.4, 0.5) is 0 Å². The van der Waals surface area contributed by atoms with E-state index in [2.05, 4.69) is 23.2 Å². The number of piperidine rings is 1. The molecule has 0 aromatic heterocycles. The van der Waals surface area contributed by atoms with Crippen molar-refractivity contribution in [3.05, 3.63) is 11.8 Å². The molecule has 21 heavy (non-hydrogen) atoms. The summed E-state index contributed by atoms with van der Waals surface area (Å²) in [5.74, 6) is 0.260. The van der Waals surface area contributed by atoms with Crippen LogP contribution in [0.5, 0.6) is 0 Å². The van der Waals surface area contributed by atoms with E-state index in [1.807, 2.05) is 11.9 Å². The molecular formula is C17H29N3O. The van der Waals surface area contributed by atoms with Gasteiger partial charge >= 0.3 is 0 Å². The number of fused-ring (bicyclic) bond motifs is 2. The van der Waals surface area contributed by atoms with E-state index in [1.165, 1.54) is 37.8 Å². The van der Waals surface area contributed by atoms with Crippen LogP contribution in [-0.2, 0) is 4.79 Å². The number of nitrogens with one attached hydrogen (secondary N) is 1. The predicted molar refractivity (Wildman–Crippen MR) is 84.9 cm³/mol. The van der Waals surface area contributed by atoms with E-state index >= 15 is 0 Å². The van der Waals surface area contributed by atoms with Gasteiger partial charge in [0.25, 0.3) is 0 Å². The molecular weight excluding hydrogens is 262 g/mol. The molecule has 4 nitrogen and oxygen atoms in total. The van der Waals surface area contributed by atoms with Gasteiger partial charge in [0, 0.05) is 30.9 Å². The molecule has 0 aromatic carbocycles. The first-order chi connectivity index (χ1) is 10.2. The number of nitrogens with zero attached hydrogens (tertiary/aromatic N) is 2. The first kappa shape index (κ1) is 15.0. The minimum atomic E-state index is 0.260. The number of allylic oxidation sites excluding steroid dienone is 2. The molecule has 3 rings (SSSR count). The molecule has 1 aliphatic carbocycles. The molecule has 1 N–H and O–H groups in total. The fourth-order valence-corrected chi connectivity index (χ4v) is 4.22. The minimum Gasteiger partial charge on any atom is -0.318 e. The minimum absolute atomic E-state index is 0.260. The summed E-state index contributed by atoms with van der Waals surface area (Å²) in [6, 6.07) is 1.96. The maximum atomic E-state index is 12.5. The fraction of sp³-hybridized carbons (Fsp3) is 0.824. The van der Waals surface area contributed by atoms with Crippen molar-refractivity contribution >= 4 is 5.91 Å². The maximum Gasteiger partial charge on any atom is 0.240 e. The first-order valence-corrected chi connectivity index (χ1v) is 8.63. The number of hydrogen-bond donors (Lipinski definition) is 1. The summed E-state index contributed by atoms with van der Waals surface area (Å²) in [5, 5.41) is 3.69. The third kappa shape index (κ3) is 3.32. The van der Waals surface area contributed by atoms with Crippen molar-refractivity contribution in [3.63, 3.8) is 0 Å². The zero-order chi connectivity index (χ0) is 14.8. The van der Waals surface area contributed by atoms with Gasteiger partial charge < -0.3 is 10.2 Å². The number of likely N-dealkylation sites (N-methyl/N-ethyl adjacent to an activating group) is 2. The van der Waals surface area contributed by atoms with Crippen molar-refractivity contribution in [2.45, 2.75) is 70.0 Å². The van der Waals surface area contributed by atoms with Crippen molar-refractivity contribution in [2.75, 3.05) is 20.1 Å². The smallest absolute Gasteiger partial charge is 0.240 e. The van der Waals surface area contributed by atoms with E-state index < -0.39 is 0 Å². The van der Waals surface area contributed by atoms with E-state index in [0.717, 1.165) is 19.4 Å². The average molecular weight is 291 g/mol. The second-order valence-corrected chi connectivity index (χ2v) is 6.87. The van der Waals surface area contributed by atoms with Gasteiger partial charge in [-0.3, -0.25) is 9.69 Å². The summed E-state index contributed by atoms with van der Waals surface area (Å²) in [6.45, 7) is 3.74. The van der Waals surface area contributed by atoms with Crippen molar-refractivity contribution < 1.29 is 4.79 Å². The van der Waals surface area contributed by atoms with Gasteiger partial charge in [0.1, 0.15) is 0 Å². The summed E-state index contributed by atoms with van der Waals surface area (Å²) in [4.78, 5) is 16.8. The van der Waals surface area contributed by atoms with E-state index in [-0.39, 0.29) is 5.91 Å². The predicted octanol–water partition coefficient (Wildman–Crippen LogP) is 2.12. The zero-order valence-corrected chi connectivity index (χ0v) is 13.5. The van der Waals surface area contributed by atoms with Gasteiger partial charge in [0.15, 0.2) is 0 Å². The Morgan fingerprint density at radius 1 is 1.33 bits per heavy atom. The van der Waals surface area contributed by atoms with Crippen molar-refractivity contribution in [1.29, 1.82) is 0 Å². The van der Waals surface area contributed by atoms with Gasteiger partial charge in [0.2, 0.25) is 5.91 Å². The third-order valence-corrected chi connectivity index (χ3v) is 5.53. The lowest BCUT2D eigenvalue weighted by Crippen LogP contribution is -2.50. The monoisotopic (exact) mass is 291 g/mol. The number of hydrogen-bond acceptors (Lipinski definition) is 3. The van der Waals surface area contributed by atoms with Gasteiger partial charge in [-0.1, -0.05) is 13.0 Å². The van der Waals surface area contributed by atoms with Crippen LogP contribution in [0.15, 0.2) is 11.8 Å². The number of amides is 1. The summed E-state index contributed by atoms with van der Waals surface area (Å²) in [6.07, 6.45) is 10.7. The molecule has 118 valence electrons. The van der Waals surface area contributed by atoms with Crippen LogP contribution in [0.1, 0.15) is 51.9 Å². The quantitative estimate of drug-likeness (QED) is 0.843. The lowest BCUT2D eigenvalue weighted by Gasteiger charge is -2.37. The Morgan fingerprint density at radius 2 is 2.05 bits per heavy atom. The Morgan fingerprint density at radius 3 is 2.62 bits per heavy atom. The van der Waals surface area contributed by atoms with Gasteiger partial charge in [0.05, 0.1) is 6.54 Å². The molecule has 2 bridgehead atoms. The van der Waals surface area contributed by atoms with Crippen LogP contribution in [0.3, 0.4) is 0 Å². The van der Waals surface area contributed by atoms with Crippen molar-refractivity contribution in [3.8, 4) is 0 Å². The SMILES string of the molecule is CCN(CC(=O)N(C)C1=CCCC1)C1CC2CCC(C1)N2. The lowest BCUT2D eigenvalue weighted by atomic mass is 9.98. The summed E-state index contributed by atoms with van der Waals surface area (Å²) in [7, 11) is 1.94. The Kier molecular flexibility index (Phi) is 4.65. The van der Waals surface area contributed by atoms with Crippen molar-refractivity contribution in [1.82, 2.24) is 15.1 Å². The highest BCUT2D eigenvalue weighted by Crippen LogP contribution is 2.30. The highest BCUT2D eigenvalue weighted by Gasteiger charge is 2.36. The molecule has 2 heterocycles. The number of carbonyl (C=O) groups excluding carboxylic acids is 1. The maximum absolute atomic E-state index is 12.5. The summed E-state index contributed by atoms with van der Waals surface area (Å²) >= 11 is 0. The first-order valence-electron chi connectivity index (χ1n) is 8.63. The average Bonchev–Trinajstić information content (AvgIpc) is 3.13. The van der Waals surface area contributed by atoms with E-state index in [1.54, 1.807) is 0 Å². The second-order valence-electron chi connectivity index (χ2n) is 6.87. The number of carbonyl (C=O) groups is 1.